The van der Waals surface area contributed by atoms with Crippen LogP contribution in [0.25, 0.3) is 18.2 Å². The van der Waals surface area contributed by atoms with Crippen molar-refractivity contribution >= 4 is 53.3 Å². The highest BCUT2D eigenvalue weighted by molar-refractivity contribution is 6.05. The number of hydrogen-bond donors (Lipinski definition) is 3. The first-order chi connectivity index (χ1) is 24.8. The Bertz CT molecular complexity index is 1680. The van der Waals surface area contributed by atoms with Gasteiger partial charge in [-0.15, -0.1) is 0 Å². The summed E-state index contributed by atoms with van der Waals surface area (Å²) in [5, 5.41) is 8.01. The normalized spacial score (nSPS) is 11.1. The van der Waals surface area contributed by atoms with E-state index in [1.807, 2.05) is 91.0 Å². The monoisotopic (exact) mass is 681 g/mol. The molecule has 0 aromatic heterocycles. The molecular weight excluding hydrogens is 642 g/mol. The summed E-state index contributed by atoms with van der Waals surface area (Å²) in [5.41, 5.74) is 2.71. The van der Waals surface area contributed by atoms with Crippen molar-refractivity contribution in [2.24, 2.45) is 0 Å². The number of hydrogen-bond acceptors (Lipinski definition) is 6. The van der Waals surface area contributed by atoms with Crippen molar-refractivity contribution in [3.05, 3.63) is 161 Å². The molecule has 0 aliphatic heterocycles. The first-order valence-electron chi connectivity index (χ1n) is 16.5. The van der Waals surface area contributed by atoms with E-state index < -0.39 is 17.7 Å². The number of ketones is 3. The third kappa shape index (κ3) is 13.5. The molecule has 4 rings (SSSR count). The van der Waals surface area contributed by atoms with Crippen LogP contribution in [0.2, 0.25) is 0 Å². The van der Waals surface area contributed by atoms with Gasteiger partial charge in [0, 0.05) is 55.6 Å². The number of carbonyl (C=O) groups excluding carboxylic acids is 6. The van der Waals surface area contributed by atoms with Crippen LogP contribution < -0.4 is 16.0 Å². The molecule has 3 amide bonds. The lowest BCUT2D eigenvalue weighted by atomic mass is 10.0. The van der Waals surface area contributed by atoms with Crippen LogP contribution in [0.4, 0.5) is 0 Å². The van der Waals surface area contributed by atoms with Gasteiger partial charge < -0.3 is 16.0 Å². The zero-order valence-electron chi connectivity index (χ0n) is 28.0. The predicted octanol–water partition coefficient (Wildman–Crippen LogP) is 5.89. The van der Waals surface area contributed by atoms with Crippen LogP contribution in [-0.2, 0) is 14.4 Å². The molecule has 0 fully saturated rings. The molecule has 0 radical (unpaired) electrons. The summed E-state index contributed by atoms with van der Waals surface area (Å²) in [6.45, 7) is 0.101. The minimum Gasteiger partial charge on any atom is -0.352 e. The minimum atomic E-state index is -0.582. The number of allylic oxidation sites excluding steroid dienone is 3. The topological polar surface area (TPSA) is 139 Å². The van der Waals surface area contributed by atoms with Gasteiger partial charge >= 0.3 is 0 Å². The van der Waals surface area contributed by atoms with Gasteiger partial charge in [0.25, 0.3) is 17.7 Å². The summed E-state index contributed by atoms with van der Waals surface area (Å²) in [6, 6.07) is 32.0. The van der Waals surface area contributed by atoms with Crippen molar-refractivity contribution in [2.75, 3.05) is 19.6 Å². The van der Waals surface area contributed by atoms with E-state index in [4.69, 9.17) is 0 Å². The van der Waals surface area contributed by atoms with Crippen LogP contribution in [0.15, 0.2) is 127 Å². The quantitative estimate of drug-likeness (QED) is 0.112. The molecule has 258 valence electrons. The van der Waals surface area contributed by atoms with E-state index in [1.54, 1.807) is 18.2 Å². The maximum absolute atomic E-state index is 13.1. The lowest BCUT2D eigenvalue weighted by Crippen LogP contribution is -2.30. The Morgan fingerprint density at radius 3 is 0.902 bits per heavy atom. The van der Waals surface area contributed by atoms with E-state index >= 15 is 0 Å². The van der Waals surface area contributed by atoms with Gasteiger partial charge in [0.2, 0.25) is 0 Å². The molecule has 9 heteroatoms. The summed E-state index contributed by atoms with van der Waals surface area (Å²) in [5.74, 6) is -2.31. The summed E-state index contributed by atoms with van der Waals surface area (Å²) >= 11 is 0. The summed E-state index contributed by atoms with van der Waals surface area (Å²) < 4.78 is 0. The first kappa shape index (κ1) is 37.3. The van der Waals surface area contributed by atoms with Crippen LogP contribution in [-0.4, -0.2) is 54.7 Å². The standard InChI is InChI=1S/C42H39N3O6/c46-37(19-16-31-10-4-1-5-11-31)22-25-43-40(49)34-28-35(41(50)44-26-23-38(47)20-17-32-12-6-2-7-13-32)30-36(29-34)42(51)45-27-24-39(48)21-18-33-14-8-3-9-15-33/h1-21,28-30H,22-27H2,(H,43,49)(H,44,50)(H,45,51). The van der Waals surface area contributed by atoms with Gasteiger partial charge in [-0.1, -0.05) is 109 Å². The molecule has 3 N–H and O–H groups in total. The molecule has 0 saturated heterocycles. The van der Waals surface area contributed by atoms with Crippen molar-refractivity contribution in [3.63, 3.8) is 0 Å². The smallest absolute Gasteiger partial charge is 0.251 e. The lowest BCUT2D eigenvalue weighted by molar-refractivity contribution is -0.115. The van der Waals surface area contributed by atoms with Crippen LogP contribution in [0.3, 0.4) is 0 Å². The van der Waals surface area contributed by atoms with E-state index in [9.17, 15) is 28.8 Å². The van der Waals surface area contributed by atoms with Crippen LogP contribution in [0.1, 0.15) is 67.0 Å². The van der Waals surface area contributed by atoms with Gasteiger partial charge in [0.05, 0.1) is 0 Å². The molecule has 51 heavy (non-hydrogen) atoms. The molecule has 0 heterocycles. The third-order valence-electron chi connectivity index (χ3n) is 7.47. The highest BCUT2D eigenvalue weighted by Crippen LogP contribution is 2.12. The Morgan fingerprint density at radius 2 is 0.647 bits per heavy atom. The highest BCUT2D eigenvalue weighted by atomic mass is 16.2. The molecule has 0 saturated carbocycles. The maximum atomic E-state index is 13.1. The lowest BCUT2D eigenvalue weighted by Gasteiger charge is -2.11. The largest absolute Gasteiger partial charge is 0.352 e. The van der Waals surface area contributed by atoms with E-state index in [-0.39, 0.29) is 72.9 Å². The van der Waals surface area contributed by atoms with E-state index in [1.165, 1.54) is 36.4 Å². The van der Waals surface area contributed by atoms with Crippen molar-refractivity contribution in [1.29, 1.82) is 0 Å². The van der Waals surface area contributed by atoms with Gasteiger partial charge in [-0.2, -0.15) is 0 Å². The number of carbonyl (C=O) groups is 6. The molecular formula is C42H39N3O6. The summed E-state index contributed by atoms with van der Waals surface area (Å²) in [7, 11) is 0. The second kappa shape index (κ2) is 20.1. The Hall–Kier alpha value is -6.48. The first-order valence-corrected chi connectivity index (χ1v) is 16.5. The average molecular weight is 682 g/mol. The van der Waals surface area contributed by atoms with Crippen LogP contribution >= 0.6 is 0 Å². The van der Waals surface area contributed by atoms with Gasteiger partial charge in [0.1, 0.15) is 0 Å². The van der Waals surface area contributed by atoms with Gasteiger partial charge in [0.15, 0.2) is 17.3 Å². The molecule has 0 aliphatic rings. The van der Waals surface area contributed by atoms with E-state index in [0.717, 1.165) is 16.7 Å². The Morgan fingerprint density at radius 1 is 0.392 bits per heavy atom. The molecule has 0 bridgehead atoms. The molecule has 0 unspecified atom stereocenters. The van der Waals surface area contributed by atoms with Crippen molar-refractivity contribution in [3.8, 4) is 0 Å². The molecule has 0 aliphatic carbocycles. The zero-order chi connectivity index (χ0) is 36.3. The number of rotatable bonds is 18. The highest BCUT2D eigenvalue weighted by Gasteiger charge is 2.17. The fourth-order valence-corrected chi connectivity index (χ4v) is 4.73. The molecule has 4 aromatic rings. The van der Waals surface area contributed by atoms with Gasteiger partial charge in [-0.25, -0.2) is 0 Å². The van der Waals surface area contributed by atoms with Crippen molar-refractivity contribution in [2.45, 2.75) is 19.3 Å². The third-order valence-corrected chi connectivity index (χ3v) is 7.47. The number of nitrogens with one attached hydrogen (secondary N) is 3. The van der Waals surface area contributed by atoms with E-state index in [2.05, 4.69) is 16.0 Å². The second-order valence-electron chi connectivity index (χ2n) is 11.4. The SMILES string of the molecule is O=C(C=Cc1ccccc1)CCNC(=O)c1cc(C(=O)NCCC(=O)C=Cc2ccccc2)cc(C(=O)NCCC(=O)C=Cc2ccccc2)c1. The predicted molar refractivity (Wildman–Crippen MR) is 199 cm³/mol. The molecule has 0 atom stereocenters. The number of benzene rings is 4. The van der Waals surface area contributed by atoms with E-state index in [0.29, 0.717) is 0 Å². The summed E-state index contributed by atoms with van der Waals surface area (Å²) in [6.07, 6.45) is 9.54. The Kier molecular flexibility index (Phi) is 14.7. The fraction of sp³-hybridized carbons (Fsp3) is 0.143. The fourth-order valence-electron chi connectivity index (χ4n) is 4.73. The van der Waals surface area contributed by atoms with Gasteiger partial charge in [-0.3, -0.25) is 28.8 Å². The number of amides is 3. The van der Waals surface area contributed by atoms with Crippen LogP contribution in [0.5, 0.6) is 0 Å². The average Bonchev–Trinajstić information content (AvgIpc) is 3.16. The Balaban J connectivity index is 1.37. The van der Waals surface area contributed by atoms with Gasteiger partial charge in [-0.05, 0) is 53.1 Å². The van der Waals surface area contributed by atoms with Crippen molar-refractivity contribution < 1.29 is 28.8 Å². The zero-order valence-corrected chi connectivity index (χ0v) is 28.0. The summed E-state index contributed by atoms with van der Waals surface area (Å²) in [4.78, 5) is 76.4. The second-order valence-corrected chi connectivity index (χ2v) is 11.4. The molecule has 9 nitrogen and oxygen atoms in total. The molecule has 0 spiro atoms. The van der Waals surface area contributed by atoms with Crippen LogP contribution in [0, 0.1) is 0 Å². The maximum Gasteiger partial charge on any atom is 0.251 e. The minimum absolute atomic E-state index is 0.0313. The van der Waals surface area contributed by atoms with Crippen molar-refractivity contribution in [1.82, 2.24) is 16.0 Å². The molecule has 4 aromatic carbocycles. The Labute approximate surface area is 297 Å².